The summed E-state index contributed by atoms with van der Waals surface area (Å²) in [7, 11) is 0. The van der Waals surface area contributed by atoms with E-state index >= 15 is 0 Å². The highest BCUT2D eigenvalue weighted by atomic mass is 35.5. The molecule has 0 amide bonds. The highest BCUT2D eigenvalue weighted by molar-refractivity contribution is 6.30. The van der Waals surface area contributed by atoms with Crippen molar-refractivity contribution < 1.29 is 9.90 Å². The van der Waals surface area contributed by atoms with E-state index < -0.39 is 5.97 Å². The molecule has 0 radical (unpaired) electrons. The lowest BCUT2D eigenvalue weighted by molar-refractivity contribution is 0.0687. The summed E-state index contributed by atoms with van der Waals surface area (Å²) in [6.45, 7) is 3.70. The Hall–Kier alpha value is -2.40. The molecule has 0 saturated carbocycles. The van der Waals surface area contributed by atoms with Crippen LogP contribution in [0, 0.1) is 13.8 Å². The van der Waals surface area contributed by atoms with Crippen molar-refractivity contribution in [2.75, 3.05) is 0 Å². The highest BCUT2D eigenvalue weighted by Crippen LogP contribution is 2.24. The van der Waals surface area contributed by atoms with Crippen LogP contribution in [-0.4, -0.2) is 25.7 Å². The SMILES string of the molecule is Cc1nn2c(C(=O)O)cc(-c3cccc(Cl)c3)nc2c1C. The second-order valence-electron chi connectivity index (χ2n) is 4.79. The van der Waals surface area contributed by atoms with Crippen LogP contribution in [0.3, 0.4) is 0 Å². The van der Waals surface area contributed by atoms with Crippen LogP contribution in [0.4, 0.5) is 0 Å². The van der Waals surface area contributed by atoms with Crippen LogP contribution in [0.15, 0.2) is 30.3 Å². The summed E-state index contributed by atoms with van der Waals surface area (Å²) >= 11 is 5.99. The largest absolute Gasteiger partial charge is 0.477 e. The molecule has 2 aromatic heterocycles. The van der Waals surface area contributed by atoms with Gasteiger partial charge in [-0.15, -0.1) is 0 Å². The van der Waals surface area contributed by atoms with Gasteiger partial charge in [0.15, 0.2) is 11.3 Å². The quantitative estimate of drug-likeness (QED) is 0.788. The van der Waals surface area contributed by atoms with Crippen LogP contribution in [-0.2, 0) is 0 Å². The molecule has 1 aromatic carbocycles. The molecular weight excluding hydrogens is 290 g/mol. The Morgan fingerprint density at radius 1 is 1.29 bits per heavy atom. The molecule has 0 aliphatic rings. The number of aromatic carboxylic acids is 1. The Labute approximate surface area is 125 Å². The lowest BCUT2D eigenvalue weighted by Gasteiger charge is -2.06. The highest BCUT2D eigenvalue weighted by Gasteiger charge is 2.17. The van der Waals surface area contributed by atoms with E-state index in [0.717, 1.165) is 16.8 Å². The monoisotopic (exact) mass is 301 g/mol. The smallest absolute Gasteiger partial charge is 0.354 e. The molecule has 21 heavy (non-hydrogen) atoms. The first kappa shape index (κ1) is 13.6. The average Bonchev–Trinajstić information content (AvgIpc) is 2.73. The van der Waals surface area contributed by atoms with Gasteiger partial charge in [0.05, 0.1) is 11.4 Å². The Balaban J connectivity index is 2.34. The number of rotatable bonds is 2. The van der Waals surface area contributed by atoms with Crippen molar-refractivity contribution in [3.05, 3.63) is 52.3 Å². The van der Waals surface area contributed by atoms with Crippen LogP contribution in [0.1, 0.15) is 21.7 Å². The standard InChI is InChI=1S/C15H12ClN3O2/c1-8-9(2)18-19-13(15(20)21)7-12(17-14(8)19)10-4-3-5-11(16)6-10/h3-7H,1-2H3,(H,20,21). The molecule has 0 saturated heterocycles. The van der Waals surface area contributed by atoms with Crippen LogP contribution in [0.5, 0.6) is 0 Å². The second-order valence-corrected chi connectivity index (χ2v) is 5.22. The van der Waals surface area contributed by atoms with E-state index in [1.54, 1.807) is 18.2 Å². The van der Waals surface area contributed by atoms with Gasteiger partial charge in [0, 0.05) is 16.1 Å². The Kier molecular flexibility index (Phi) is 3.14. The van der Waals surface area contributed by atoms with Gasteiger partial charge in [0.25, 0.3) is 0 Å². The lowest BCUT2D eigenvalue weighted by atomic mass is 10.1. The molecule has 6 heteroatoms. The Morgan fingerprint density at radius 3 is 2.71 bits per heavy atom. The predicted octanol–water partition coefficient (Wildman–Crippen LogP) is 3.36. The first-order valence-corrected chi connectivity index (χ1v) is 6.71. The minimum absolute atomic E-state index is 0.0752. The molecule has 0 aliphatic heterocycles. The fourth-order valence-corrected chi connectivity index (χ4v) is 2.37. The Bertz CT molecular complexity index is 871. The zero-order valence-electron chi connectivity index (χ0n) is 11.5. The number of hydrogen-bond donors (Lipinski definition) is 1. The molecule has 0 aliphatic carbocycles. The third kappa shape index (κ3) is 2.25. The first-order valence-electron chi connectivity index (χ1n) is 6.33. The number of fused-ring (bicyclic) bond motifs is 1. The lowest BCUT2D eigenvalue weighted by Crippen LogP contribution is -2.08. The van der Waals surface area contributed by atoms with Gasteiger partial charge in [0.1, 0.15) is 0 Å². The topological polar surface area (TPSA) is 67.5 Å². The third-order valence-corrected chi connectivity index (χ3v) is 3.63. The number of aromatic nitrogens is 3. The van der Waals surface area contributed by atoms with Gasteiger partial charge in [0.2, 0.25) is 0 Å². The minimum atomic E-state index is -1.05. The van der Waals surface area contributed by atoms with Crippen molar-refractivity contribution >= 4 is 23.2 Å². The van der Waals surface area contributed by atoms with Crippen molar-refractivity contribution in [3.8, 4) is 11.3 Å². The Morgan fingerprint density at radius 2 is 2.05 bits per heavy atom. The van der Waals surface area contributed by atoms with E-state index in [2.05, 4.69) is 10.1 Å². The van der Waals surface area contributed by atoms with Gasteiger partial charge in [-0.3, -0.25) is 0 Å². The van der Waals surface area contributed by atoms with Gasteiger partial charge >= 0.3 is 5.97 Å². The summed E-state index contributed by atoms with van der Waals surface area (Å²) in [5.74, 6) is -1.05. The van der Waals surface area contributed by atoms with Crippen molar-refractivity contribution in [1.82, 2.24) is 14.6 Å². The number of halogens is 1. The van der Waals surface area contributed by atoms with E-state index in [0.29, 0.717) is 16.4 Å². The summed E-state index contributed by atoms with van der Waals surface area (Å²) in [6.07, 6.45) is 0. The molecule has 3 rings (SSSR count). The van der Waals surface area contributed by atoms with Crippen LogP contribution < -0.4 is 0 Å². The van der Waals surface area contributed by atoms with Crippen molar-refractivity contribution in [3.63, 3.8) is 0 Å². The van der Waals surface area contributed by atoms with Gasteiger partial charge < -0.3 is 5.11 Å². The maximum Gasteiger partial charge on any atom is 0.354 e. The number of aryl methyl sites for hydroxylation is 2. The molecular formula is C15H12ClN3O2. The van der Waals surface area contributed by atoms with Gasteiger partial charge in [-0.1, -0.05) is 23.7 Å². The molecule has 5 nitrogen and oxygen atoms in total. The third-order valence-electron chi connectivity index (χ3n) is 3.40. The van der Waals surface area contributed by atoms with Crippen molar-refractivity contribution in [2.45, 2.75) is 13.8 Å². The number of carboxylic acids is 1. The number of carboxylic acid groups (broad SMARTS) is 1. The summed E-state index contributed by atoms with van der Waals surface area (Å²) in [6, 6.07) is 8.67. The van der Waals surface area contributed by atoms with E-state index in [9.17, 15) is 9.90 Å². The second kappa shape index (κ2) is 4.86. The number of benzene rings is 1. The van der Waals surface area contributed by atoms with E-state index in [-0.39, 0.29) is 5.69 Å². The average molecular weight is 302 g/mol. The van der Waals surface area contributed by atoms with E-state index in [1.807, 2.05) is 19.9 Å². The van der Waals surface area contributed by atoms with Gasteiger partial charge in [-0.25, -0.2) is 14.3 Å². The zero-order chi connectivity index (χ0) is 15.1. The fraction of sp³-hybridized carbons (Fsp3) is 0.133. The minimum Gasteiger partial charge on any atom is -0.477 e. The molecule has 106 valence electrons. The number of hydrogen-bond acceptors (Lipinski definition) is 3. The molecule has 0 bridgehead atoms. The summed E-state index contributed by atoms with van der Waals surface area (Å²) in [4.78, 5) is 16.0. The fourth-order valence-electron chi connectivity index (χ4n) is 2.18. The maximum atomic E-state index is 11.5. The zero-order valence-corrected chi connectivity index (χ0v) is 12.2. The number of nitrogens with zero attached hydrogens (tertiary/aromatic N) is 3. The molecule has 2 heterocycles. The number of carbonyl (C=O) groups is 1. The van der Waals surface area contributed by atoms with Crippen LogP contribution in [0.25, 0.3) is 16.9 Å². The maximum absolute atomic E-state index is 11.5. The van der Waals surface area contributed by atoms with Crippen molar-refractivity contribution in [2.24, 2.45) is 0 Å². The van der Waals surface area contributed by atoms with E-state index in [4.69, 9.17) is 11.6 Å². The van der Waals surface area contributed by atoms with Gasteiger partial charge in [-0.2, -0.15) is 5.10 Å². The molecule has 3 aromatic rings. The molecule has 0 spiro atoms. The molecule has 0 fully saturated rings. The van der Waals surface area contributed by atoms with E-state index in [1.165, 1.54) is 10.6 Å². The van der Waals surface area contributed by atoms with Crippen LogP contribution in [0.2, 0.25) is 5.02 Å². The molecule has 1 N–H and O–H groups in total. The van der Waals surface area contributed by atoms with Crippen LogP contribution >= 0.6 is 11.6 Å². The normalized spacial score (nSPS) is 11.0. The predicted molar refractivity (Wildman–Crippen MR) is 79.9 cm³/mol. The molecule has 0 atom stereocenters. The van der Waals surface area contributed by atoms with Crippen molar-refractivity contribution in [1.29, 1.82) is 0 Å². The summed E-state index contributed by atoms with van der Waals surface area (Å²) in [5, 5.41) is 14.2. The summed E-state index contributed by atoms with van der Waals surface area (Å²) < 4.78 is 1.36. The van der Waals surface area contributed by atoms with Gasteiger partial charge in [-0.05, 0) is 32.0 Å². The molecule has 0 unspecified atom stereocenters. The summed E-state index contributed by atoms with van der Waals surface area (Å²) in [5.41, 5.74) is 3.57. The first-order chi connectivity index (χ1) is 9.97.